The summed E-state index contributed by atoms with van der Waals surface area (Å²) in [5.41, 5.74) is 3.21. The van der Waals surface area contributed by atoms with Gasteiger partial charge in [0.15, 0.2) is 5.82 Å². The van der Waals surface area contributed by atoms with E-state index in [-0.39, 0.29) is 11.8 Å². The highest BCUT2D eigenvalue weighted by Gasteiger charge is 2.23. The van der Waals surface area contributed by atoms with E-state index in [9.17, 15) is 4.79 Å². The van der Waals surface area contributed by atoms with Gasteiger partial charge in [0.1, 0.15) is 0 Å². The lowest BCUT2D eigenvalue weighted by molar-refractivity contribution is 0.102. The van der Waals surface area contributed by atoms with Crippen molar-refractivity contribution in [3.63, 3.8) is 0 Å². The third-order valence-corrected chi connectivity index (χ3v) is 5.88. The van der Waals surface area contributed by atoms with Crippen molar-refractivity contribution in [3.8, 4) is 5.82 Å². The van der Waals surface area contributed by atoms with Gasteiger partial charge in [-0.1, -0.05) is 45.9 Å². The molecule has 4 aromatic rings. The molecule has 0 atom stereocenters. The van der Waals surface area contributed by atoms with Crippen molar-refractivity contribution in [2.45, 2.75) is 40.2 Å². The summed E-state index contributed by atoms with van der Waals surface area (Å²) in [6.45, 7) is 12.0. The number of carbonyl (C=O) groups excluding carboxylic acids is 1. The highest BCUT2D eigenvalue weighted by atomic mass is 16.1. The predicted molar refractivity (Wildman–Crippen MR) is 131 cm³/mol. The van der Waals surface area contributed by atoms with Crippen molar-refractivity contribution < 1.29 is 4.79 Å². The van der Waals surface area contributed by atoms with Crippen LogP contribution >= 0.6 is 0 Å². The van der Waals surface area contributed by atoms with Gasteiger partial charge < -0.3 is 9.47 Å². The molecule has 0 spiro atoms. The van der Waals surface area contributed by atoms with Crippen LogP contribution in [0.2, 0.25) is 0 Å². The van der Waals surface area contributed by atoms with E-state index in [1.54, 1.807) is 17.1 Å². The van der Waals surface area contributed by atoms with Gasteiger partial charge in [-0.2, -0.15) is 5.10 Å². The Bertz CT molecular complexity index is 1220. The third kappa shape index (κ3) is 4.66. The molecular formula is C25H31N7O. The molecule has 4 rings (SSSR count). The second-order valence-corrected chi connectivity index (χ2v) is 8.25. The number of para-hydroxylation sites is 2. The summed E-state index contributed by atoms with van der Waals surface area (Å²) in [5.74, 6) is 1.09. The first-order valence-electron chi connectivity index (χ1n) is 11.5. The second kappa shape index (κ2) is 9.95. The Morgan fingerprint density at radius 2 is 1.85 bits per heavy atom. The molecule has 8 heteroatoms. The second-order valence-electron chi connectivity index (χ2n) is 8.25. The van der Waals surface area contributed by atoms with Gasteiger partial charge in [0.2, 0.25) is 5.95 Å². The molecule has 172 valence electrons. The van der Waals surface area contributed by atoms with Gasteiger partial charge in [-0.15, -0.1) is 0 Å². The molecule has 3 aromatic heterocycles. The van der Waals surface area contributed by atoms with E-state index in [0.29, 0.717) is 17.3 Å². The topological polar surface area (TPSA) is 80.9 Å². The Kier molecular flexibility index (Phi) is 6.84. The molecule has 0 radical (unpaired) electrons. The van der Waals surface area contributed by atoms with E-state index in [0.717, 1.165) is 42.9 Å². The quantitative estimate of drug-likeness (QED) is 0.415. The number of nitrogens with one attached hydrogen (secondary N) is 1. The number of anilines is 1. The molecule has 0 aliphatic carbocycles. The number of likely N-dealkylation sites (N-methyl/N-ethyl adjacent to an activating group) is 1. The third-order valence-electron chi connectivity index (χ3n) is 5.88. The number of aromatic nitrogens is 5. The Morgan fingerprint density at radius 1 is 1.09 bits per heavy atom. The number of benzene rings is 1. The molecule has 1 amide bonds. The molecule has 0 aliphatic rings. The van der Waals surface area contributed by atoms with Gasteiger partial charge in [-0.05, 0) is 43.3 Å². The minimum Gasteiger partial charge on any atom is -0.309 e. The average molecular weight is 446 g/mol. The SMILES string of the molecule is CCN(CC)CCn1c(NC(=O)c2cnn(-c3ccccn3)c2C(C)C)nc2ccccc21. The van der Waals surface area contributed by atoms with Crippen LogP contribution in [0.15, 0.2) is 54.9 Å². The van der Waals surface area contributed by atoms with Crippen molar-refractivity contribution in [1.82, 2.24) is 29.2 Å². The van der Waals surface area contributed by atoms with Gasteiger partial charge >= 0.3 is 0 Å². The zero-order chi connectivity index (χ0) is 23.4. The Balaban J connectivity index is 1.67. The molecule has 0 saturated heterocycles. The lowest BCUT2D eigenvalue weighted by Gasteiger charge is -2.19. The number of hydrogen-bond donors (Lipinski definition) is 1. The standard InChI is InChI=1S/C25H31N7O/c1-5-30(6-2)15-16-31-21-12-8-7-11-20(21)28-25(31)29-24(33)19-17-27-32(23(19)18(3)4)22-13-9-10-14-26-22/h7-14,17-18H,5-6,15-16H2,1-4H3,(H,28,29,33). The summed E-state index contributed by atoms with van der Waals surface area (Å²) in [7, 11) is 0. The zero-order valence-electron chi connectivity index (χ0n) is 19.7. The molecule has 8 nitrogen and oxygen atoms in total. The molecule has 0 aliphatic heterocycles. The molecule has 0 saturated carbocycles. The smallest absolute Gasteiger partial charge is 0.261 e. The average Bonchev–Trinajstić information content (AvgIpc) is 3.42. The summed E-state index contributed by atoms with van der Waals surface area (Å²) < 4.78 is 3.83. The Labute approximate surface area is 194 Å². The van der Waals surface area contributed by atoms with E-state index in [4.69, 9.17) is 4.98 Å². The molecule has 1 aromatic carbocycles. The summed E-state index contributed by atoms with van der Waals surface area (Å²) in [5, 5.41) is 7.53. The number of rotatable bonds is 9. The number of hydrogen-bond acceptors (Lipinski definition) is 5. The van der Waals surface area contributed by atoms with Crippen LogP contribution in [-0.2, 0) is 6.54 Å². The molecule has 1 N–H and O–H groups in total. The van der Waals surface area contributed by atoms with Crippen molar-refractivity contribution in [2.24, 2.45) is 0 Å². The maximum Gasteiger partial charge on any atom is 0.261 e. The Hall–Kier alpha value is -3.52. The fourth-order valence-corrected chi connectivity index (χ4v) is 4.10. The van der Waals surface area contributed by atoms with Crippen LogP contribution in [0, 0.1) is 0 Å². The molecule has 3 heterocycles. The first-order valence-corrected chi connectivity index (χ1v) is 11.5. The van der Waals surface area contributed by atoms with Crippen molar-refractivity contribution in [1.29, 1.82) is 0 Å². The number of carbonyl (C=O) groups is 1. The zero-order valence-corrected chi connectivity index (χ0v) is 19.7. The lowest BCUT2D eigenvalue weighted by Crippen LogP contribution is -2.28. The summed E-state index contributed by atoms with van der Waals surface area (Å²) in [4.78, 5) is 24.9. The first-order chi connectivity index (χ1) is 16.0. The van der Waals surface area contributed by atoms with Crippen molar-refractivity contribution >= 4 is 22.9 Å². The van der Waals surface area contributed by atoms with Gasteiger partial charge in [-0.3, -0.25) is 10.1 Å². The van der Waals surface area contributed by atoms with E-state index < -0.39 is 0 Å². The highest BCUT2D eigenvalue weighted by molar-refractivity contribution is 6.05. The van der Waals surface area contributed by atoms with Crippen LogP contribution in [0.3, 0.4) is 0 Å². The van der Waals surface area contributed by atoms with Gasteiger partial charge in [-0.25, -0.2) is 14.6 Å². The minimum absolute atomic E-state index is 0.0803. The van der Waals surface area contributed by atoms with Crippen LogP contribution in [-0.4, -0.2) is 54.8 Å². The number of pyridine rings is 1. The fourth-order valence-electron chi connectivity index (χ4n) is 4.10. The van der Waals surface area contributed by atoms with Crippen molar-refractivity contribution in [3.05, 3.63) is 66.1 Å². The maximum atomic E-state index is 13.4. The fraction of sp³-hybridized carbons (Fsp3) is 0.360. The van der Waals surface area contributed by atoms with Crippen molar-refractivity contribution in [2.75, 3.05) is 25.0 Å². The molecule has 0 fully saturated rings. The molecular weight excluding hydrogens is 414 g/mol. The van der Waals surface area contributed by atoms with E-state index >= 15 is 0 Å². The number of amides is 1. The molecule has 33 heavy (non-hydrogen) atoms. The normalized spacial score (nSPS) is 11.6. The monoisotopic (exact) mass is 445 g/mol. The van der Waals surface area contributed by atoms with Gasteiger partial charge in [0, 0.05) is 19.3 Å². The Morgan fingerprint density at radius 3 is 2.55 bits per heavy atom. The molecule has 0 unspecified atom stereocenters. The number of nitrogens with zero attached hydrogens (tertiary/aromatic N) is 6. The van der Waals surface area contributed by atoms with Crippen LogP contribution < -0.4 is 5.32 Å². The summed E-state index contributed by atoms with van der Waals surface area (Å²) >= 11 is 0. The van der Waals surface area contributed by atoms with Gasteiger partial charge in [0.25, 0.3) is 5.91 Å². The van der Waals surface area contributed by atoms with Crippen LogP contribution in [0.25, 0.3) is 16.9 Å². The van der Waals surface area contributed by atoms with Crippen LogP contribution in [0.1, 0.15) is 49.7 Å². The van der Waals surface area contributed by atoms with Crippen LogP contribution in [0.5, 0.6) is 0 Å². The number of imidazole rings is 1. The lowest BCUT2D eigenvalue weighted by atomic mass is 10.1. The van der Waals surface area contributed by atoms with Crippen LogP contribution in [0.4, 0.5) is 5.95 Å². The van der Waals surface area contributed by atoms with E-state index in [1.165, 1.54) is 0 Å². The first kappa shape index (κ1) is 22.7. The summed E-state index contributed by atoms with van der Waals surface area (Å²) in [6, 6.07) is 13.6. The summed E-state index contributed by atoms with van der Waals surface area (Å²) in [6.07, 6.45) is 3.33. The highest BCUT2D eigenvalue weighted by Crippen LogP contribution is 2.25. The van der Waals surface area contributed by atoms with E-state index in [2.05, 4.69) is 38.7 Å². The predicted octanol–water partition coefficient (Wildman–Crippen LogP) is 4.33. The van der Waals surface area contributed by atoms with Gasteiger partial charge in [0.05, 0.1) is 28.5 Å². The molecule has 0 bridgehead atoms. The van der Waals surface area contributed by atoms with E-state index in [1.807, 2.05) is 56.3 Å². The number of fused-ring (bicyclic) bond motifs is 1. The largest absolute Gasteiger partial charge is 0.309 e. The minimum atomic E-state index is -0.222. The maximum absolute atomic E-state index is 13.4.